The summed E-state index contributed by atoms with van der Waals surface area (Å²) in [4.78, 5) is 9.24. The lowest BCUT2D eigenvalue weighted by Crippen LogP contribution is -2.61. The quantitative estimate of drug-likeness (QED) is 0.591. The number of alkyl halides is 9. The first-order chi connectivity index (χ1) is 10.5. The molecule has 136 valence electrons. The Morgan fingerprint density at radius 3 is 1.62 bits per heavy atom. The Bertz CT molecular complexity index is 664. The highest BCUT2D eigenvalue weighted by molar-refractivity contribution is 7.67. The predicted octanol–water partition coefficient (Wildman–Crippen LogP) is 4.65. The summed E-state index contributed by atoms with van der Waals surface area (Å²) in [5, 5.41) is -1.42. The number of hydrogen-bond acceptors (Lipinski definition) is 1. The van der Waals surface area contributed by atoms with Crippen molar-refractivity contribution in [1.29, 1.82) is 0 Å². The van der Waals surface area contributed by atoms with E-state index in [4.69, 9.17) is 0 Å². The van der Waals surface area contributed by atoms with Crippen molar-refractivity contribution in [2.45, 2.75) is 23.7 Å². The zero-order chi connectivity index (χ0) is 19.2. The van der Waals surface area contributed by atoms with Gasteiger partial charge in [-0.2, -0.15) is 39.5 Å². The second-order valence-electron chi connectivity index (χ2n) is 4.56. The standard InChI is InChI=1S/C12H8F9O2P/c1-2-7-3-5-8(6-4-7)24(22,23)12(20,21)10(15,16)9(13,14)11(17,18)19/h2-6H,1H2,(H,22,23). The van der Waals surface area contributed by atoms with Crippen molar-refractivity contribution in [1.82, 2.24) is 0 Å². The molecule has 0 heterocycles. The molecular weight excluding hydrogens is 378 g/mol. The van der Waals surface area contributed by atoms with Crippen molar-refractivity contribution in [3.05, 3.63) is 36.4 Å². The van der Waals surface area contributed by atoms with E-state index in [1.165, 1.54) is 0 Å². The van der Waals surface area contributed by atoms with Crippen molar-refractivity contribution in [3.8, 4) is 0 Å². The van der Waals surface area contributed by atoms with E-state index in [9.17, 15) is 49.0 Å². The molecule has 0 amide bonds. The largest absolute Gasteiger partial charge is 0.460 e. The number of benzene rings is 1. The molecule has 1 atom stereocenters. The van der Waals surface area contributed by atoms with Crippen LogP contribution in [0.3, 0.4) is 0 Å². The van der Waals surface area contributed by atoms with E-state index in [-0.39, 0.29) is 5.56 Å². The van der Waals surface area contributed by atoms with Crippen molar-refractivity contribution in [2.24, 2.45) is 0 Å². The number of hydrogen-bond donors (Lipinski definition) is 1. The first-order valence-corrected chi connectivity index (χ1v) is 7.46. The molecule has 2 nitrogen and oxygen atoms in total. The molecule has 0 saturated carbocycles. The molecule has 0 bridgehead atoms. The van der Waals surface area contributed by atoms with Gasteiger partial charge in [0.25, 0.3) is 0 Å². The van der Waals surface area contributed by atoms with Gasteiger partial charge in [0.2, 0.25) is 0 Å². The second kappa shape index (κ2) is 5.80. The van der Waals surface area contributed by atoms with Gasteiger partial charge >= 0.3 is 31.1 Å². The van der Waals surface area contributed by atoms with Gasteiger partial charge < -0.3 is 4.89 Å². The smallest absolute Gasteiger partial charge is 0.337 e. The maximum atomic E-state index is 13.6. The zero-order valence-electron chi connectivity index (χ0n) is 11.3. The first kappa shape index (κ1) is 20.6. The Labute approximate surface area is 129 Å². The average Bonchev–Trinajstić information content (AvgIpc) is 2.45. The molecule has 0 radical (unpaired) electrons. The van der Waals surface area contributed by atoms with Crippen LogP contribution in [0.4, 0.5) is 39.5 Å². The van der Waals surface area contributed by atoms with E-state index >= 15 is 0 Å². The van der Waals surface area contributed by atoms with E-state index in [1.807, 2.05) is 0 Å². The van der Waals surface area contributed by atoms with Crippen molar-refractivity contribution >= 4 is 18.7 Å². The normalized spacial score (nSPS) is 16.6. The monoisotopic (exact) mass is 386 g/mol. The Morgan fingerprint density at radius 2 is 1.29 bits per heavy atom. The fourth-order valence-corrected chi connectivity index (χ4v) is 2.93. The van der Waals surface area contributed by atoms with Gasteiger partial charge in [-0.05, 0) is 17.7 Å². The maximum Gasteiger partial charge on any atom is 0.460 e. The van der Waals surface area contributed by atoms with Crippen molar-refractivity contribution < 1.29 is 49.0 Å². The fraction of sp³-hybridized carbons (Fsp3) is 0.333. The van der Waals surface area contributed by atoms with Gasteiger partial charge in [-0.15, -0.1) is 0 Å². The van der Waals surface area contributed by atoms with E-state index in [0.29, 0.717) is 12.1 Å². The van der Waals surface area contributed by atoms with Gasteiger partial charge in [0, 0.05) is 5.30 Å². The molecule has 0 spiro atoms. The summed E-state index contributed by atoms with van der Waals surface area (Å²) < 4.78 is 127. The topological polar surface area (TPSA) is 37.3 Å². The van der Waals surface area contributed by atoms with E-state index in [0.717, 1.165) is 18.2 Å². The van der Waals surface area contributed by atoms with Crippen LogP contribution < -0.4 is 5.30 Å². The minimum atomic E-state index is -7.23. The lowest BCUT2D eigenvalue weighted by molar-refractivity contribution is -0.383. The molecule has 0 saturated heterocycles. The summed E-state index contributed by atoms with van der Waals surface area (Å²) in [5.74, 6) is -14.4. The van der Waals surface area contributed by atoms with Crippen LogP contribution in [0.15, 0.2) is 30.8 Å². The third-order valence-corrected chi connectivity index (χ3v) is 5.03. The second-order valence-corrected chi connectivity index (χ2v) is 6.79. The molecule has 1 aromatic rings. The van der Waals surface area contributed by atoms with Gasteiger partial charge in [0.05, 0.1) is 0 Å². The van der Waals surface area contributed by atoms with Gasteiger partial charge in [0.15, 0.2) is 0 Å². The Morgan fingerprint density at radius 1 is 0.875 bits per heavy atom. The summed E-state index contributed by atoms with van der Waals surface area (Å²) >= 11 is 0. The molecule has 1 unspecified atom stereocenters. The van der Waals surface area contributed by atoms with Gasteiger partial charge in [-0.1, -0.05) is 24.8 Å². The van der Waals surface area contributed by atoms with E-state index < -0.39 is 36.4 Å². The van der Waals surface area contributed by atoms with Gasteiger partial charge in [0.1, 0.15) is 0 Å². The summed E-state index contributed by atoms with van der Waals surface area (Å²) in [6.45, 7) is 3.25. The first-order valence-electron chi connectivity index (χ1n) is 5.80. The van der Waals surface area contributed by atoms with Crippen LogP contribution in [0.25, 0.3) is 6.08 Å². The summed E-state index contributed by atoms with van der Waals surface area (Å²) in [7, 11) is -6.66. The minimum absolute atomic E-state index is 0.189. The molecule has 0 aliphatic carbocycles. The zero-order valence-corrected chi connectivity index (χ0v) is 12.2. The maximum absolute atomic E-state index is 13.6. The molecule has 24 heavy (non-hydrogen) atoms. The van der Waals surface area contributed by atoms with Crippen LogP contribution in [0, 0.1) is 0 Å². The summed E-state index contributed by atoms with van der Waals surface area (Å²) in [6.07, 6.45) is -5.93. The molecule has 1 rings (SSSR count). The van der Waals surface area contributed by atoms with Crippen LogP contribution in [-0.2, 0) is 4.57 Å². The molecule has 0 fully saturated rings. The Hall–Kier alpha value is -1.48. The third-order valence-electron chi connectivity index (χ3n) is 2.99. The highest BCUT2D eigenvalue weighted by atomic mass is 31.2. The third kappa shape index (κ3) is 2.83. The molecule has 12 heteroatoms. The van der Waals surface area contributed by atoms with Crippen LogP contribution in [0.2, 0.25) is 0 Å². The number of halogens is 9. The fourth-order valence-electron chi connectivity index (χ4n) is 1.53. The minimum Gasteiger partial charge on any atom is -0.337 e. The van der Waals surface area contributed by atoms with Crippen LogP contribution in [0.1, 0.15) is 5.56 Å². The van der Waals surface area contributed by atoms with Crippen LogP contribution in [-0.4, -0.2) is 28.6 Å². The molecule has 0 aliphatic rings. The van der Waals surface area contributed by atoms with Crippen LogP contribution >= 0.6 is 7.37 Å². The summed E-state index contributed by atoms with van der Waals surface area (Å²) in [5.41, 5.74) is -6.40. The Kier molecular flexibility index (Phi) is 4.97. The highest BCUT2D eigenvalue weighted by Crippen LogP contribution is 2.67. The van der Waals surface area contributed by atoms with Crippen LogP contribution in [0.5, 0.6) is 0 Å². The molecule has 1 aromatic carbocycles. The SMILES string of the molecule is C=Cc1ccc(P(=O)(O)C(F)(F)C(F)(F)C(F)(F)C(F)(F)F)cc1. The number of rotatable bonds is 5. The molecule has 0 aliphatic heterocycles. The van der Waals surface area contributed by atoms with E-state index in [1.54, 1.807) is 0 Å². The summed E-state index contributed by atoms with van der Waals surface area (Å²) in [6, 6.07) is 2.57. The van der Waals surface area contributed by atoms with Crippen molar-refractivity contribution in [2.75, 3.05) is 0 Å². The lowest BCUT2D eigenvalue weighted by Gasteiger charge is -2.35. The Balaban J connectivity index is 3.49. The van der Waals surface area contributed by atoms with Gasteiger partial charge in [-0.25, -0.2) is 0 Å². The van der Waals surface area contributed by atoms with Gasteiger partial charge in [-0.3, -0.25) is 4.57 Å². The predicted molar refractivity (Wildman–Crippen MR) is 66.9 cm³/mol. The highest BCUT2D eigenvalue weighted by Gasteiger charge is 2.85. The lowest BCUT2D eigenvalue weighted by atomic mass is 10.1. The molecular formula is C12H8F9O2P. The molecule has 1 N–H and O–H groups in total. The van der Waals surface area contributed by atoms with Crippen molar-refractivity contribution in [3.63, 3.8) is 0 Å². The van der Waals surface area contributed by atoms with E-state index in [2.05, 4.69) is 6.58 Å². The molecule has 0 aromatic heterocycles. The average molecular weight is 386 g/mol.